The normalized spacial score (nSPS) is 14.3. The highest BCUT2D eigenvalue weighted by Crippen LogP contribution is 2.43. The number of nitrogens with one attached hydrogen (secondary N) is 1. The van der Waals surface area contributed by atoms with Crippen molar-refractivity contribution in [1.29, 1.82) is 0 Å². The van der Waals surface area contributed by atoms with Gasteiger partial charge in [0.25, 0.3) is 0 Å². The molecule has 0 spiro atoms. The van der Waals surface area contributed by atoms with E-state index in [-0.39, 0.29) is 19.1 Å². The van der Waals surface area contributed by atoms with Crippen LogP contribution in [0.25, 0.3) is 0 Å². The van der Waals surface area contributed by atoms with Crippen molar-refractivity contribution in [3.8, 4) is 0 Å². The third kappa shape index (κ3) is 46.8. The number of aliphatic hydroxyl groups is 1. The monoisotopic (exact) mass is 884 g/mol. The summed E-state index contributed by atoms with van der Waals surface area (Å²) < 4.78 is 23.6. The van der Waals surface area contributed by atoms with Gasteiger partial charge in [-0.2, -0.15) is 0 Å². The summed E-state index contributed by atoms with van der Waals surface area (Å²) in [5, 5.41) is 13.9. The number of nitrogens with zero attached hydrogens (tertiary/aromatic N) is 1. The van der Waals surface area contributed by atoms with E-state index >= 15 is 0 Å². The molecule has 0 aromatic heterocycles. The molecular formula is C52H104N2O6P+. The number of hydrogen-bond donors (Lipinski definition) is 3. The van der Waals surface area contributed by atoms with E-state index in [2.05, 4.69) is 31.3 Å². The lowest BCUT2D eigenvalue weighted by Crippen LogP contribution is -2.45. The fourth-order valence-corrected chi connectivity index (χ4v) is 8.48. The highest BCUT2D eigenvalue weighted by Gasteiger charge is 2.27. The molecule has 0 bridgehead atoms. The number of carbonyl (C=O) groups excluding carboxylic acids is 1. The number of quaternary nitrogens is 1. The molecule has 0 aliphatic heterocycles. The molecule has 0 saturated heterocycles. The molecule has 3 atom stereocenters. The quantitative estimate of drug-likeness (QED) is 0.0243. The Kier molecular flexibility index (Phi) is 43.5. The molecule has 0 aliphatic rings. The number of likely N-dealkylation sites (N-methyl/N-ethyl adjacent to an activating group) is 1. The van der Waals surface area contributed by atoms with Crippen LogP contribution in [0.1, 0.15) is 251 Å². The van der Waals surface area contributed by atoms with Gasteiger partial charge >= 0.3 is 7.82 Å². The maximum atomic E-state index is 12.9. The summed E-state index contributed by atoms with van der Waals surface area (Å²) in [6.45, 7) is 4.83. The maximum Gasteiger partial charge on any atom is 0.472 e. The number of rotatable bonds is 48. The topological polar surface area (TPSA) is 105 Å². The Bertz CT molecular complexity index is 1050. The summed E-state index contributed by atoms with van der Waals surface area (Å²) in [6, 6.07) is -0.848. The number of hydrogen-bond acceptors (Lipinski definition) is 5. The van der Waals surface area contributed by atoms with Crippen molar-refractivity contribution in [2.75, 3.05) is 40.9 Å². The lowest BCUT2D eigenvalue weighted by molar-refractivity contribution is -0.870. The number of amides is 1. The highest BCUT2D eigenvalue weighted by atomic mass is 31.2. The average Bonchev–Trinajstić information content (AvgIpc) is 3.21. The van der Waals surface area contributed by atoms with Crippen LogP contribution < -0.4 is 5.32 Å². The predicted octanol–water partition coefficient (Wildman–Crippen LogP) is 15.3. The summed E-state index contributed by atoms with van der Waals surface area (Å²) in [6.07, 6.45) is 54.0. The van der Waals surface area contributed by atoms with E-state index in [1.807, 2.05) is 27.2 Å². The van der Waals surface area contributed by atoms with Gasteiger partial charge < -0.3 is 19.8 Å². The second-order valence-electron chi connectivity index (χ2n) is 19.3. The summed E-state index contributed by atoms with van der Waals surface area (Å²) in [7, 11) is 1.57. The second kappa shape index (κ2) is 44.2. The SMILES string of the molecule is CCCCCCCCC/C=C\CCCCCCCC(=O)NC(COP(=O)(O)OCC[N+](C)(C)C)C(O)/C=C/CCCCCCCCCCCCCCCCCCCCCCC. The van der Waals surface area contributed by atoms with E-state index in [1.54, 1.807) is 6.08 Å². The zero-order valence-corrected chi connectivity index (χ0v) is 42.1. The van der Waals surface area contributed by atoms with Crippen LogP contribution in [0.5, 0.6) is 0 Å². The Morgan fingerprint density at radius 3 is 1.26 bits per heavy atom. The van der Waals surface area contributed by atoms with E-state index in [0.29, 0.717) is 17.4 Å². The standard InChI is InChI=1S/C52H103N2O6P/c1-6-8-10-12-14-16-18-20-22-24-25-26-27-28-29-30-31-33-35-37-39-41-43-45-51(55)50(49-60-61(57,58)59-48-47-54(3,4)5)53-52(56)46-44-42-40-38-36-34-32-23-21-19-17-15-13-11-9-7-2/h23,32,43,45,50-51,55H,6-22,24-31,33-42,44,46-49H2,1-5H3,(H-,53,56,57,58)/p+1/b32-23-,45-43+. The van der Waals surface area contributed by atoms with Gasteiger partial charge in [-0.05, 0) is 44.9 Å². The van der Waals surface area contributed by atoms with Gasteiger partial charge in [0.2, 0.25) is 5.91 Å². The predicted molar refractivity (Wildman–Crippen MR) is 263 cm³/mol. The molecule has 61 heavy (non-hydrogen) atoms. The Morgan fingerprint density at radius 2 is 0.885 bits per heavy atom. The smallest absolute Gasteiger partial charge is 0.387 e. The summed E-state index contributed by atoms with van der Waals surface area (Å²) in [5.41, 5.74) is 0. The number of aliphatic hydroxyl groups excluding tert-OH is 1. The van der Waals surface area contributed by atoms with Crippen molar-refractivity contribution in [1.82, 2.24) is 5.32 Å². The molecule has 0 saturated carbocycles. The maximum absolute atomic E-state index is 12.9. The molecule has 0 radical (unpaired) electrons. The van der Waals surface area contributed by atoms with Gasteiger partial charge in [-0.3, -0.25) is 13.8 Å². The van der Waals surface area contributed by atoms with Crippen molar-refractivity contribution >= 4 is 13.7 Å². The minimum absolute atomic E-state index is 0.0613. The first-order valence-corrected chi connectivity index (χ1v) is 27.7. The van der Waals surface area contributed by atoms with Crippen LogP contribution in [-0.2, 0) is 18.4 Å². The molecule has 0 fully saturated rings. The number of allylic oxidation sites excluding steroid dienone is 3. The number of carbonyl (C=O) groups is 1. The zero-order chi connectivity index (χ0) is 45.0. The van der Waals surface area contributed by atoms with Crippen molar-refractivity contribution in [3.63, 3.8) is 0 Å². The van der Waals surface area contributed by atoms with Crippen LogP contribution in [0.2, 0.25) is 0 Å². The lowest BCUT2D eigenvalue weighted by atomic mass is 10.0. The van der Waals surface area contributed by atoms with Gasteiger partial charge in [0.15, 0.2) is 0 Å². The van der Waals surface area contributed by atoms with Gasteiger partial charge in [0, 0.05) is 6.42 Å². The van der Waals surface area contributed by atoms with Crippen molar-refractivity contribution in [2.24, 2.45) is 0 Å². The van der Waals surface area contributed by atoms with Gasteiger partial charge in [-0.15, -0.1) is 0 Å². The summed E-state index contributed by atoms with van der Waals surface area (Å²) in [4.78, 5) is 23.2. The first-order valence-electron chi connectivity index (χ1n) is 26.2. The van der Waals surface area contributed by atoms with Crippen LogP contribution in [0.15, 0.2) is 24.3 Å². The van der Waals surface area contributed by atoms with Gasteiger partial charge in [-0.25, -0.2) is 4.57 Å². The zero-order valence-electron chi connectivity index (χ0n) is 41.2. The first kappa shape index (κ1) is 60.0. The second-order valence-corrected chi connectivity index (χ2v) is 20.7. The Hall–Kier alpha value is -1.02. The van der Waals surface area contributed by atoms with Gasteiger partial charge in [0.1, 0.15) is 13.2 Å². The third-order valence-electron chi connectivity index (χ3n) is 11.9. The molecule has 0 heterocycles. The Labute approximate surface area is 379 Å². The summed E-state index contributed by atoms with van der Waals surface area (Å²) >= 11 is 0. The van der Waals surface area contributed by atoms with E-state index in [4.69, 9.17) is 9.05 Å². The summed E-state index contributed by atoms with van der Waals surface area (Å²) in [5.74, 6) is -0.183. The number of unbranched alkanes of at least 4 members (excludes halogenated alkanes) is 33. The van der Waals surface area contributed by atoms with Crippen LogP contribution in [0.3, 0.4) is 0 Å². The van der Waals surface area contributed by atoms with Crippen molar-refractivity contribution in [3.05, 3.63) is 24.3 Å². The molecule has 9 heteroatoms. The van der Waals surface area contributed by atoms with Crippen LogP contribution >= 0.6 is 7.82 Å². The van der Waals surface area contributed by atoms with E-state index in [0.717, 1.165) is 51.4 Å². The molecule has 8 nitrogen and oxygen atoms in total. The number of phosphoric acid groups is 1. The fourth-order valence-electron chi connectivity index (χ4n) is 7.74. The fraction of sp³-hybridized carbons (Fsp3) is 0.904. The number of phosphoric ester groups is 1. The molecule has 0 aromatic rings. The molecule has 362 valence electrons. The first-order chi connectivity index (χ1) is 29.5. The average molecular weight is 884 g/mol. The third-order valence-corrected chi connectivity index (χ3v) is 12.9. The minimum atomic E-state index is -4.34. The molecule has 3 N–H and O–H groups in total. The van der Waals surface area contributed by atoms with E-state index < -0.39 is 20.0 Å². The van der Waals surface area contributed by atoms with E-state index in [9.17, 15) is 19.4 Å². The van der Waals surface area contributed by atoms with Gasteiger partial charge in [-0.1, -0.05) is 224 Å². The van der Waals surface area contributed by atoms with Crippen molar-refractivity contribution in [2.45, 2.75) is 264 Å². The van der Waals surface area contributed by atoms with E-state index in [1.165, 1.54) is 180 Å². The molecule has 0 aliphatic carbocycles. The van der Waals surface area contributed by atoms with Gasteiger partial charge in [0.05, 0.1) is 39.9 Å². The Balaban J connectivity index is 4.27. The molecule has 0 aromatic carbocycles. The molecule has 0 rings (SSSR count). The van der Waals surface area contributed by atoms with Crippen molar-refractivity contribution < 1.29 is 32.9 Å². The molecule has 1 amide bonds. The molecular weight excluding hydrogens is 780 g/mol. The van der Waals surface area contributed by atoms with Crippen LogP contribution in [0.4, 0.5) is 0 Å². The van der Waals surface area contributed by atoms with Crippen LogP contribution in [0, 0.1) is 0 Å². The lowest BCUT2D eigenvalue weighted by Gasteiger charge is -2.25. The molecule has 3 unspecified atom stereocenters. The minimum Gasteiger partial charge on any atom is -0.387 e. The largest absolute Gasteiger partial charge is 0.472 e. The Morgan fingerprint density at radius 1 is 0.541 bits per heavy atom. The van der Waals surface area contributed by atoms with Crippen LogP contribution in [-0.4, -0.2) is 73.4 Å². The highest BCUT2D eigenvalue weighted by molar-refractivity contribution is 7.47.